The van der Waals surface area contributed by atoms with Gasteiger partial charge in [0.1, 0.15) is 5.60 Å². The third-order valence-corrected chi connectivity index (χ3v) is 2.02. The van der Waals surface area contributed by atoms with Crippen LogP contribution < -0.4 is 0 Å². The van der Waals surface area contributed by atoms with Gasteiger partial charge >= 0.3 is 0 Å². The van der Waals surface area contributed by atoms with Crippen LogP contribution in [-0.2, 0) is 4.74 Å². The summed E-state index contributed by atoms with van der Waals surface area (Å²) in [5.41, 5.74) is -1.26. The van der Waals surface area contributed by atoms with E-state index in [1.54, 1.807) is 0 Å². The summed E-state index contributed by atoms with van der Waals surface area (Å²) in [5.74, 6) is 0. The van der Waals surface area contributed by atoms with Crippen LogP contribution in [0.5, 0.6) is 0 Å². The van der Waals surface area contributed by atoms with E-state index in [0.717, 1.165) is 0 Å². The molecule has 0 saturated carbocycles. The van der Waals surface area contributed by atoms with Crippen molar-refractivity contribution in [3.8, 4) is 0 Å². The lowest BCUT2D eigenvalue weighted by Crippen LogP contribution is -2.38. The second-order valence-electron chi connectivity index (χ2n) is 4.21. The molecule has 15 heavy (non-hydrogen) atoms. The molecule has 0 fully saturated rings. The second kappa shape index (κ2) is 7.14. The molecule has 2 atom stereocenters. The topological polar surface area (TPSA) is 90.2 Å². The molecular formula is C10H22O5. The maximum Gasteiger partial charge on any atom is 0.183 e. The molecule has 0 amide bonds. The third kappa shape index (κ3) is 7.70. The van der Waals surface area contributed by atoms with Crippen molar-refractivity contribution < 1.29 is 25.2 Å². The number of ether oxygens (including phenoxy) is 1. The standard InChI is InChI=1S/C10H22O5/c1-10(2,14)9(13)15-6-4-3-5-8(12)7-11/h8-9,11-14H,3-7H2,1-2H3. The minimum absolute atomic E-state index is 0.229. The number of rotatable bonds is 8. The molecule has 0 aromatic carbocycles. The number of hydrogen-bond acceptors (Lipinski definition) is 5. The number of aliphatic hydroxyl groups is 4. The average molecular weight is 222 g/mol. The molecule has 0 aliphatic carbocycles. The first-order valence-electron chi connectivity index (χ1n) is 5.19. The highest BCUT2D eigenvalue weighted by atomic mass is 16.6. The first-order valence-corrected chi connectivity index (χ1v) is 5.19. The van der Waals surface area contributed by atoms with Gasteiger partial charge in [0.25, 0.3) is 0 Å². The predicted molar refractivity (Wildman–Crippen MR) is 55.2 cm³/mol. The van der Waals surface area contributed by atoms with E-state index in [1.165, 1.54) is 13.8 Å². The summed E-state index contributed by atoms with van der Waals surface area (Å²) in [6.45, 7) is 3.02. The van der Waals surface area contributed by atoms with Crippen LogP contribution in [0.2, 0.25) is 0 Å². The first-order chi connectivity index (χ1) is 6.88. The van der Waals surface area contributed by atoms with E-state index < -0.39 is 18.0 Å². The molecule has 0 spiro atoms. The summed E-state index contributed by atoms with van der Waals surface area (Å²) in [6.07, 6.45) is 0.0210. The Morgan fingerprint density at radius 2 is 1.80 bits per heavy atom. The molecule has 4 N–H and O–H groups in total. The Bertz CT molecular complexity index is 154. The highest BCUT2D eigenvalue weighted by molar-refractivity contribution is 4.68. The fourth-order valence-corrected chi connectivity index (χ4v) is 0.972. The number of aliphatic hydroxyl groups excluding tert-OH is 3. The Balaban J connectivity index is 3.39. The fraction of sp³-hybridized carbons (Fsp3) is 1.00. The van der Waals surface area contributed by atoms with Crippen LogP contribution in [0.3, 0.4) is 0 Å². The second-order valence-corrected chi connectivity index (χ2v) is 4.21. The highest BCUT2D eigenvalue weighted by Gasteiger charge is 2.24. The van der Waals surface area contributed by atoms with Gasteiger partial charge < -0.3 is 25.2 Å². The Hall–Kier alpha value is -0.200. The van der Waals surface area contributed by atoms with Gasteiger partial charge in [0.15, 0.2) is 6.29 Å². The molecule has 0 radical (unpaired) electrons. The van der Waals surface area contributed by atoms with Crippen molar-refractivity contribution in [1.82, 2.24) is 0 Å². The van der Waals surface area contributed by atoms with Gasteiger partial charge in [0, 0.05) is 6.61 Å². The van der Waals surface area contributed by atoms with Gasteiger partial charge in [0.2, 0.25) is 0 Å². The van der Waals surface area contributed by atoms with E-state index in [0.29, 0.717) is 25.9 Å². The van der Waals surface area contributed by atoms with E-state index in [1.807, 2.05) is 0 Å². The smallest absolute Gasteiger partial charge is 0.183 e. The third-order valence-electron chi connectivity index (χ3n) is 2.02. The van der Waals surface area contributed by atoms with Gasteiger partial charge in [0.05, 0.1) is 12.7 Å². The largest absolute Gasteiger partial charge is 0.394 e. The Kier molecular flexibility index (Phi) is 7.04. The van der Waals surface area contributed by atoms with Crippen LogP contribution in [-0.4, -0.2) is 51.6 Å². The molecule has 2 unspecified atom stereocenters. The fourth-order valence-electron chi connectivity index (χ4n) is 0.972. The maximum absolute atomic E-state index is 9.32. The molecular weight excluding hydrogens is 200 g/mol. The summed E-state index contributed by atoms with van der Waals surface area (Å²) in [7, 11) is 0. The molecule has 5 nitrogen and oxygen atoms in total. The minimum atomic E-state index is -1.26. The van der Waals surface area contributed by atoms with Crippen LogP contribution >= 0.6 is 0 Å². The normalized spacial score (nSPS) is 16.4. The zero-order valence-corrected chi connectivity index (χ0v) is 9.39. The predicted octanol–water partition coefficient (Wildman–Crippen LogP) is -0.384. The quantitative estimate of drug-likeness (QED) is 0.332. The van der Waals surface area contributed by atoms with E-state index in [-0.39, 0.29) is 6.61 Å². The van der Waals surface area contributed by atoms with Crippen molar-refractivity contribution in [2.45, 2.75) is 51.1 Å². The lowest BCUT2D eigenvalue weighted by atomic mass is 10.1. The molecule has 0 bridgehead atoms. The Morgan fingerprint density at radius 1 is 1.20 bits per heavy atom. The van der Waals surface area contributed by atoms with Crippen LogP contribution in [0.25, 0.3) is 0 Å². The van der Waals surface area contributed by atoms with Crippen LogP contribution in [0.1, 0.15) is 33.1 Å². The maximum atomic E-state index is 9.32. The summed E-state index contributed by atoms with van der Waals surface area (Å²) in [6, 6.07) is 0. The van der Waals surface area contributed by atoms with Crippen molar-refractivity contribution in [3.05, 3.63) is 0 Å². The van der Waals surface area contributed by atoms with E-state index in [9.17, 15) is 10.2 Å². The van der Waals surface area contributed by atoms with Gasteiger partial charge in [-0.1, -0.05) is 0 Å². The highest BCUT2D eigenvalue weighted by Crippen LogP contribution is 2.10. The van der Waals surface area contributed by atoms with Gasteiger partial charge in [-0.05, 0) is 33.1 Å². The molecule has 5 heteroatoms. The monoisotopic (exact) mass is 222 g/mol. The SMILES string of the molecule is CC(C)(O)C(O)OCCCCC(O)CO. The van der Waals surface area contributed by atoms with Crippen molar-refractivity contribution in [2.24, 2.45) is 0 Å². The van der Waals surface area contributed by atoms with Gasteiger partial charge in [-0.3, -0.25) is 0 Å². The lowest BCUT2D eigenvalue weighted by molar-refractivity contribution is -0.199. The lowest BCUT2D eigenvalue weighted by Gasteiger charge is -2.24. The first kappa shape index (κ1) is 14.8. The van der Waals surface area contributed by atoms with Crippen molar-refractivity contribution >= 4 is 0 Å². The molecule has 0 saturated heterocycles. The molecule has 0 aromatic heterocycles. The molecule has 0 aliphatic heterocycles. The van der Waals surface area contributed by atoms with Crippen LogP contribution in [0, 0.1) is 0 Å². The summed E-state index contributed by atoms with van der Waals surface area (Å²) in [5, 5.41) is 36.1. The van der Waals surface area contributed by atoms with E-state index in [4.69, 9.17) is 14.9 Å². The zero-order chi connectivity index (χ0) is 11.9. The Labute approximate surface area is 90.3 Å². The molecule has 0 heterocycles. The van der Waals surface area contributed by atoms with Crippen LogP contribution in [0.15, 0.2) is 0 Å². The summed E-state index contributed by atoms with van der Waals surface area (Å²) >= 11 is 0. The van der Waals surface area contributed by atoms with E-state index >= 15 is 0 Å². The average Bonchev–Trinajstić information content (AvgIpc) is 2.15. The van der Waals surface area contributed by atoms with Crippen molar-refractivity contribution in [2.75, 3.05) is 13.2 Å². The molecule has 0 aliphatic rings. The van der Waals surface area contributed by atoms with Gasteiger partial charge in [-0.15, -0.1) is 0 Å². The van der Waals surface area contributed by atoms with Gasteiger partial charge in [-0.25, -0.2) is 0 Å². The number of unbranched alkanes of at least 4 members (excludes halogenated alkanes) is 1. The van der Waals surface area contributed by atoms with Gasteiger partial charge in [-0.2, -0.15) is 0 Å². The molecule has 92 valence electrons. The van der Waals surface area contributed by atoms with Crippen molar-refractivity contribution in [3.63, 3.8) is 0 Å². The minimum Gasteiger partial charge on any atom is -0.394 e. The summed E-state index contributed by atoms with van der Waals surface area (Å²) < 4.78 is 4.98. The van der Waals surface area contributed by atoms with Crippen LogP contribution in [0.4, 0.5) is 0 Å². The molecule has 0 rings (SSSR count). The molecule has 0 aromatic rings. The zero-order valence-electron chi connectivity index (χ0n) is 9.39. The Morgan fingerprint density at radius 3 is 2.27 bits per heavy atom. The number of hydrogen-bond donors (Lipinski definition) is 4. The van der Waals surface area contributed by atoms with E-state index in [2.05, 4.69) is 0 Å². The summed E-state index contributed by atoms with van der Waals surface area (Å²) in [4.78, 5) is 0. The van der Waals surface area contributed by atoms with Crippen molar-refractivity contribution in [1.29, 1.82) is 0 Å².